The van der Waals surface area contributed by atoms with Crippen LogP contribution in [0.3, 0.4) is 0 Å². The Labute approximate surface area is 66.7 Å². The number of rotatable bonds is 0. The van der Waals surface area contributed by atoms with E-state index in [0.29, 0.717) is 5.56 Å². The minimum Gasteiger partial charge on any atom is -0.252 e. The molecular weight excluding hydrogens is 227 g/mol. The summed E-state index contributed by atoms with van der Waals surface area (Å²) in [5.41, 5.74) is 0.488. The Morgan fingerprint density at radius 2 is 2.56 bits per heavy atom. The predicted octanol–water partition coefficient (Wildman–Crippen LogP) is 1.36. The van der Waals surface area contributed by atoms with Crippen LogP contribution in [0, 0.1) is 21.1 Å². The monoisotopic (exact) mass is 229 g/mol. The highest BCUT2D eigenvalue weighted by Crippen LogP contribution is 2.02. The van der Waals surface area contributed by atoms with E-state index in [1.165, 1.54) is 0 Å². The summed E-state index contributed by atoms with van der Waals surface area (Å²) < 4.78 is 0.961. The summed E-state index contributed by atoms with van der Waals surface area (Å²) in [7, 11) is 0. The van der Waals surface area contributed by atoms with E-state index in [4.69, 9.17) is 5.26 Å². The molecule has 0 aliphatic heterocycles. The Bertz CT molecular complexity index is 251. The summed E-state index contributed by atoms with van der Waals surface area (Å²) in [6, 6.07) is 3.67. The molecule has 0 aliphatic rings. The lowest BCUT2D eigenvalue weighted by atomic mass is 10.3. The molecule has 2 nitrogen and oxygen atoms in total. The van der Waals surface area contributed by atoms with Gasteiger partial charge in [0, 0.05) is 9.77 Å². The summed E-state index contributed by atoms with van der Waals surface area (Å²) in [4.78, 5) is 3.70. The Hall–Kier alpha value is -0.630. The van der Waals surface area contributed by atoms with Crippen molar-refractivity contribution in [3.05, 3.63) is 27.6 Å². The zero-order valence-electron chi connectivity index (χ0n) is 4.43. The molecule has 0 N–H and O–H groups in total. The van der Waals surface area contributed by atoms with Crippen LogP contribution in [0.1, 0.15) is 5.56 Å². The number of pyridine rings is 1. The molecule has 1 rings (SSSR count). The number of hydrogen-bond acceptors (Lipinski definition) is 2. The first kappa shape index (κ1) is 6.49. The van der Waals surface area contributed by atoms with E-state index >= 15 is 0 Å². The van der Waals surface area contributed by atoms with Crippen molar-refractivity contribution >= 4 is 22.6 Å². The topological polar surface area (TPSA) is 36.7 Å². The van der Waals surface area contributed by atoms with Gasteiger partial charge in [-0.1, -0.05) is 0 Å². The normalized spacial score (nSPS) is 8.44. The average molecular weight is 229 g/mol. The van der Waals surface area contributed by atoms with Gasteiger partial charge in [0.2, 0.25) is 0 Å². The SMILES string of the molecule is N#Cc1[c]ncc(I)c1. The lowest BCUT2D eigenvalue weighted by Gasteiger charge is -1.85. The van der Waals surface area contributed by atoms with Crippen LogP contribution in [0.2, 0.25) is 0 Å². The Kier molecular flexibility index (Phi) is 2.01. The van der Waals surface area contributed by atoms with Crippen molar-refractivity contribution in [2.45, 2.75) is 0 Å². The van der Waals surface area contributed by atoms with E-state index in [-0.39, 0.29) is 0 Å². The van der Waals surface area contributed by atoms with Gasteiger partial charge in [-0.15, -0.1) is 0 Å². The van der Waals surface area contributed by atoms with Crippen LogP contribution in [0.15, 0.2) is 12.3 Å². The number of hydrogen-bond donors (Lipinski definition) is 0. The van der Waals surface area contributed by atoms with Crippen LogP contribution >= 0.6 is 22.6 Å². The second-order valence-corrected chi connectivity index (χ2v) is 2.67. The van der Waals surface area contributed by atoms with Crippen molar-refractivity contribution in [1.29, 1.82) is 5.26 Å². The number of aromatic nitrogens is 1. The van der Waals surface area contributed by atoms with Crippen molar-refractivity contribution < 1.29 is 0 Å². The van der Waals surface area contributed by atoms with Crippen LogP contribution in [-0.4, -0.2) is 4.98 Å². The summed E-state index contributed by atoms with van der Waals surface area (Å²) in [6.45, 7) is 0. The molecule has 9 heavy (non-hydrogen) atoms. The molecule has 0 saturated heterocycles. The number of halogens is 1. The highest BCUT2D eigenvalue weighted by molar-refractivity contribution is 14.1. The van der Waals surface area contributed by atoms with E-state index < -0.39 is 0 Å². The van der Waals surface area contributed by atoms with Gasteiger partial charge < -0.3 is 0 Å². The summed E-state index contributed by atoms with van der Waals surface area (Å²) in [5.74, 6) is 0. The highest BCUT2D eigenvalue weighted by Gasteiger charge is 1.89. The first-order chi connectivity index (χ1) is 4.33. The van der Waals surface area contributed by atoms with E-state index in [1.54, 1.807) is 12.3 Å². The van der Waals surface area contributed by atoms with E-state index in [0.717, 1.165) is 3.57 Å². The largest absolute Gasteiger partial charge is 0.252 e. The second-order valence-electron chi connectivity index (χ2n) is 1.42. The maximum Gasteiger partial charge on any atom is 0.108 e. The highest BCUT2D eigenvalue weighted by atomic mass is 127. The molecule has 1 heterocycles. The van der Waals surface area contributed by atoms with Gasteiger partial charge in [-0.2, -0.15) is 5.26 Å². The van der Waals surface area contributed by atoms with Crippen molar-refractivity contribution in [3.8, 4) is 6.07 Å². The molecule has 0 spiro atoms. The third kappa shape index (κ3) is 1.64. The minimum absolute atomic E-state index is 0.488. The first-order valence-electron chi connectivity index (χ1n) is 2.26. The van der Waals surface area contributed by atoms with Crippen molar-refractivity contribution in [2.24, 2.45) is 0 Å². The zero-order chi connectivity index (χ0) is 6.69. The van der Waals surface area contributed by atoms with Crippen LogP contribution < -0.4 is 0 Å². The van der Waals surface area contributed by atoms with Gasteiger partial charge in [-0.3, -0.25) is 4.98 Å². The van der Waals surface area contributed by atoms with E-state index in [9.17, 15) is 0 Å². The summed E-state index contributed by atoms with van der Waals surface area (Å²) in [6.07, 6.45) is 4.20. The van der Waals surface area contributed by atoms with Gasteiger partial charge in [-0.25, -0.2) is 0 Å². The third-order valence-electron chi connectivity index (χ3n) is 0.776. The second kappa shape index (κ2) is 2.78. The Balaban J connectivity index is 3.12. The minimum atomic E-state index is 0.488. The van der Waals surface area contributed by atoms with Gasteiger partial charge in [-0.05, 0) is 28.7 Å². The molecule has 0 fully saturated rings. The van der Waals surface area contributed by atoms with E-state index in [2.05, 4.69) is 33.8 Å². The molecule has 1 aromatic heterocycles. The van der Waals surface area contributed by atoms with Gasteiger partial charge in [0.05, 0.1) is 5.56 Å². The first-order valence-corrected chi connectivity index (χ1v) is 3.34. The molecule has 0 saturated carbocycles. The standard InChI is InChI=1S/C6H2IN2/c7-6-1-5(2-8)3-9-4-6/h1,4H. The molecule has 0 amide bonds. The molecule has 0 aromatic carbocycles. The van der Waals surface area contributed by atoms with Crippen molar-refractivity contribution in [2.75, 3.05) is 0 Å². The van der Waals surface area contributed by atoms with Gasteiger partial charge in [0.15, 0.2) is 0 Å². The molecule has 43 valence electrons. The summed E-state index contributed by atoms with van der Waals surface area (Å²) >= 11 is 2.10. The van der Waals surface area contributed by atoms with Crippen LogP contribution in [0.4, 0.5) is 0 Å². The fourth-order valence-electron chi connectivity index (χ4n) is 0.428. The smallest absolute Gasteiger partial charge is 0.108 e. The number of nitrogens with zero attached hydrogens (tertiary/aromatic N) is 2. The molecule has 0 bridgehead atoms. The lowest BCUT2D eigenvalue weighted by molar-refractivity contribution is 1.27. The molecule has 0 aliphatic carbocycles. The Morgan fingerprint density at radius 1 is 1.78 bits per heavy atom. The van der Waals surface area contributed by atoms with Crippen molar-refractivity contribution in [1.82, 2.24) is 4.98 Å². The lowest BCUT2D eigenvalue weighted by Crippen LogP contribution is -1.79. The quantitative estimate of drug-likeness (QED) is 0.629. The zero-order valence-corrected chi connectivity index (χ0v) is 6.58. The van der Waals surface area contributed by atoms with Gasteiger partial charge >= 0.3 is 0 Å². The maximum atomic E-state index is 8.34. The number of nitriles is 1. The Morgan fingerprint density at radius 3 is 3.00 bits per heavy atom. The van der Waals surface area contributed by atoms with Gasteiger partial charge in [0.25, 0.3) is 0 Å². The molecular formula is C6H2IN2. The van der Waals surface area contributed by atoms with Crippen LogP contribution in [0.25, 0.3) is 0 Å². The predicted molar refractivity (Wildman–Crippen MR) is 40.5 cm³/mol. The summed E-state index contributed by atoms with van der Waals surface area (Å²) in [5, 5.41) is 8.34. The fraction of sp³-hybridized carbons (Fsp3) is 0. The molecule has 0 unspecified atom stereocenters. The maximum absolute atomic E-state index is 8.34. The van der Waals surface area contributed by atoms with Crippen LogP contribution in [0.5, 0.6) is 0 Å². The molecule has 1 radical (unpaired) electrons. The molecule has 0 atom stereocenters. The third-order valence-corrected chi connectivity index (χ3v) is 1.37. The average Bonchev–Trinajstić information content (AvgIpc) is 1.88. The van der Waals surface area contributed by atoms with Gasteiger partial charge in [0.1, 0.15) is 12.3 Å². The molecule has 3 heteroatoms. The van der Waals surface area contributed by atoms with E-state index in [1.807, 2.05) is 6.07 Å². The fourth-order valence-corrected chi connectivity index (χ4v) is 0.879. The van der Waals surface area contributed by atoms with Crippen molar-refractivity contribution in [3.63, 3.8) is 0 Å². The molecule has 1 aromatic rings. The van der Waals surface area contributed by atoms with Crippen LogP contribution in [-0.2, 0) is 0 Å².